The first-order chi connectivity index (χ1) is 14.1. The summed E-state index contributed by atoms with van der Waals surface area (Å²) >= 11 is 2.61. The van der Waals surface area contributed by atoms with Crippen molar-refractivity contribution in [3.05, 3.63) is 58.0 Å². The number of nitrogens with zero attached hydrogens (tertiary/aromatic N) is 3. The van der Waals surface area contributed by atoms with E-state index in [4.69, 9.17) is 0 Å². The lowest BCUT2D eigenvalue weighted by atomic mass is 10.2. The summed E-state index contributed by atoms with van der Waals surface area (Å²) in [5, 5.41) is 2.89. The third kappa shape index (κ3) is 3.92. The van der Waals surface area contributed by atoms with E-state index in [1.165, 1.54) is 27.7 Å². The molecule has 150 valence electrons. The van der Waals surface area contributed by atoms with Gasteiger partial charge in [0.25, 0.3) is 11.5 Å². The van der Waals surface area contributed by atoms with Gasteiger partial charge in [-0.15, -0.1) is 17.9 Å². The molecule has 0 radical (unpaired) electrons. The number of amides is 1. The molecule has 1 amide bonds. The van der Waals surface area contributed by atoms with Crippen molar-refractivity contribution in [1.82, 2.24) is 19.4 Å². The van der Waals surface area contributed by atoms with Crippen molar-refractivity contribution in [2.45, 2.75) is 24.5 Å². The smallest absolute Gasteiger partial charge is 0.270 e. The summed E-state index contributed by atoms with van der Waals surface area (Å²) < 4.78 is 1.53. The summed E-state index contributed by atoms with van der Waals surface area (Å²) in [5.41, 5.74) is 0.753. The van der Waals surface area contributed by atoms with Gasteiger partial charge < -0.3 is 9.88 Å². The second-order valence-electron chi connectivity index (χ2n) is 6.75. The maximum Gasteiger partial charge on any atom is 0.270 e. The second-order valence-corrected chi connectivity index (χ2v) is 8.59. The molecule has 0 aromatic carbocycles. The van der Waals surface area contributed by atoms with Crippen LogP contribution in [0.3, 0.4) is 0 Å². The van der Waals surface area contributed by atoms with Crippen LogP contribution in [-0.4, -0.2) is 50.0 Å². The number of allylic oxidation sites excluding steroid dienone is 1. The quantitative estimate of drug-likeness (QED) is 0.270. The highest BCUT2D eigenvalue weighted by atomic mass is 32.2. The van der Waals surface area contributed by atoms with Crippen molar-refractivity contribution in [2.75, 3.05) is 18.8 Å². The lowest BCUT2D eigenvalue weighted by molar-refractivity contribution is 0.0787. The lowest BCUT2D eigenvalue weighted by Gasteiger charge is -2.13. The van der Waals surface area contributed by atoms with Crippen LogP contribution in [0, 0.1) is 0 Å². The van der Waals surface area contributed by atoms with Crippen molar-refractivity contribution >= 4 is 45.0 Å². The van der Waals surface area contributed by atoms with Crippen LogP contribution >= 0.6 is 23.1 Å². The number of carbonyl (C=O) groups is 2. The molecule has 0 atom stereocenters. The summed E-state index contributed by atoms with van der Waals surface area (Å²) in [6.07, 6.45) is 5.24. The van der Waals surface area contributed by atoms with Gasteiger partial charge in [0, 0.05) is 31.4 Å². The second kappa shape index (κ2) is 8.38. The topological polar surface area (TPSA) is 88.1 Å². The largest absolute Gasteiger partial charge is 0.356 e. The molecule has 9 heteroatoms. The number of H-pyrrole nitrogens is 1. The third-order valence-electron chi connectivity index (χ3n) is 4.82. The van der Waals surface area contributed by atoms with E-state index in [1.807, 2.05) is 5.38 Å². The summed E-state index contributed by atoms with van der Waals surface area (Å²) in [6.45, 7) is 5.54. The molecule has 1 saturated heterocycles. The number of hydrogen-bond acceptors (Lipinski definition) is 6. The zero-order valence-corrected chi connectivity index (χ0v) is 17.4. The standard InChI is InChI=1S/C20H20N4O3S2/c1-2-6-24-18(26)14-5-9-28-17(14)22-20(24)29-12-16(25)13-10-15(21-11-13)19(27)23-7-3-4-8-23/h2,5,9-11,21H,1,3-4,6-8,12H2. The zero-order valence-electron chi connectivity index (χ0n) is 15.7. The molecule has 1 fully saturated rings. The number of aromatic amines is 1. The maximum absolute atomic E-state index is 12.7. The van der Waals surface area contributed by atoms with Gasteiger partial charge in [-0.05, 0) is 30.4 Å². The summed E-state index contributed by atoms with van der Waals surface area (Å²) in [6, 6.07) is 3.36. The highest BCUT2D eigenvalue weighted by molar-refractivity contribution is 7.99. The van der Waals surface area contributed by atoms with Crippen LogP contribution < -0.4 is 5.56 Å². The molecule has 4 heterocycles. The van der Waals surface area contributed by atoms with E-state index in [0.717, 1.165) is 25.9 Å². The van der Waals surface area contributed by atoms with E-state index in [-0.39, 0.29) is 23.0 Å². The van der Waals surface area contributed by atoms with Gasteiger partial charge in [-0.2, -0.15) is 0 Å². The number of nitrogens with one attached hydrogen (secondary N) is 1. The zero-order chi connectivity index (χ0) is 20.4. The minimum atomic E-state index is -0.133. The molecule has 0 aliphatic carbocycles. The monoisotopic (exact) mass is 428 g/mol. The van der Waals surface area contributed by atoms with Gasteiger partial charge in [0.05, 0.1) is 11.1 Å². The van der Waals surface area contributed by atoms with E-state index in [1.54, 1.807) is 29.3 Å². The predicted octanol–water partition coefficient (Wildman–Crippen LogP) is 3.18. The average molecular weight is 429 g/mol. The van der Waals surface area contributed by atoms with E-state index in [0.29, 0.717) is 33.2 Å². The normalized spacial score (nSPS) is 13.9. The van der Waals surface area contributed by atoms with E-state index in [9.17, 15) is 14.4 Å². The van der Waals surface area contributed by atoms with Gasteiger partial charge in [0.2, 0.25) is 0 Å². The van der Waals surface area contributed by atoms with Gasteiger partial charge in [0.1, 0.15) is 10.5 Å². The number of fused-ring (bicyclic) bond motifs is 1. The number of hydrogen-bond donors (Lipinski definition) is 1. The van der Waals surface area contributed by atoms with Crippen LogP contribution in [-0.2, 0) is 6.54 Å². The molecule has 4 rings (SSSR count). The first-order valence-electron chi connectivity index (χ1n) is 9.31. The van der Waals surface area contributed by atoms with Gasteiger partial charge in [-0.3, -0.25) is 19.0 Å². The van der Waals surface area contributed by atoms with E-state index in [2.05, 4.69) is 16.5 Å². The number of ketones is 1. The Hall–Kier alpha value is -2.65. The van der Waals surface area contributed by atoms with Crippen LogP contribution in [0.1, 0.15) is 33.7 Å². The number of aromatic nitrogens is 3. The number of carbonyl (C=O) groups excluding carboxylic acids is 2. The molecule has 7 nitrogen and oxygen atoms in total. The van der Waals surface area contributed by atoms with E-state index >= 15 is 0 Å². The minimum absolute atomic E-state index is 0.0705. The number of likely N-dealkylation sites (tertiary alicyclic amines) is 1. The SMILES string of the molecule is C=CCn1c(SCC(=O)c2c[nH]c(C(=O)N3CCCC3)c2)nc2sccc2c1=O. The van der Waals surface area contributed by atoms with Crippen LogP contribution in [0.15, 0.2) is 46.3 Å². The average Bonchev–Trinajstić information content (AvgIpc) is 3.48. The summed E-state index contributed by atoms with van der Waals surface area (Å²) in [5.74, 6) is -0.0772. The molecule has 0 spiro atoms. The van der Waals surface area contributed by atoms with Crippen molar-refractivity contribution in [3.63, 3.8) is 0 Å². The fraction of sp³-hybridized carbons (Fsp3) is 0.300. The molecule has 0 saturated carbocycles. The Morgan fingerprint density at radius 2 is 2.14 bits per heavy atom. The van der Waals surface area contributed by atoms with Crippen LogP contribution in [0.2, 0.25) is 0 Å². The van der Waals surface area contributed by atoms with Gasteiger partial charge >= 0.3 is 0 Å². The molecular weight excluding hydrogens is 408 g/mol. The van der Waals surface area contributed by atoms with Crippen LogP contribution in [0.4, 0.5) is 0 Å². The molecule has 0 bridgehead atoms. The third-order valence-corrected chi connectivity index (χ3v) is 6.60. The lowest BCUT2D eigenvalue weighted by Crippen LogP contribution is -2.27. The first kappa shape index (κ1) is 19.7. The predicted molar refractivity (Wildman–Crippen MR) is 115 cm³/mol. The molecular formula is C20H20N4O3S2. The van der Waals surface area contributed by atoms with Crippen molar-refractivity contribution in [3.8, 4) is 0 Å². The Bertz CT molecular complexity index is 1140. The van der Waals surface area contributed by atoms with Crippen LogP contribution in [0.25, 0.3) is 10.2 Å². The van der Waals surface area contributed by atoms with Gasteiger partial charge in [0.15, 0.2) is 10.9 Å². The van der Waals surface area contributed by atoms with Gasteiger partial charge in [-0.25, -0.2) is 4.98 Å². The Balaban J connectivity index is 1.50. The Morgan fingerprint density at radius 1 is 1.34 bits per heavy atom. The summed E-state index contributed by atoms with van der Waals surface area (Å²) in [7, 11) is 0. The molecule has 3 aromatic rings. The van der Waals surface area contributed by atoms with Crippen molar-refractivity contribution < 1.29 is 9.59 Å². The Labute approximate surface area is 175 Å². The minimum Gasteiger partial charge on any atom is -0.356 e. The molecule has 3 aromatic heterocycles. The van der Waals surface area contributed by atoms with Crippen LogP contribution in [0.5, 0.6) is 0 Å². The number of thioether (sulfide) groups is 1. The fourth-order valence-corrected chi connectivity index (χ4v) is 5.02. The Morgan fingerprint density at radius 3 is 2.90 bits per heavy atom. The number of thiophene rings is 1. The molecule has 29 heavy (non-hydrogen) atoms. The van der Waals surface area contributed by atoms with Gasteiger partial charge in [-0.1, -0.05) is 17.8 Å². The molecule has 0 unspecified atom stereocenters. The first-order valence-corrected chi connectivity index (χ1v) is 11.2. The summed E-state index contributed by atoms with van der Waals surface area (Å²) in [4.78, 5) is 47.7. The highest BCUT2D eigenvalue weighted by Crippen LogP contribution is 2.22. The number of rotatable bonds is 7. The molecule has 1 aliphatic rings. The fourth-order valence-electron chi connectivity index (χ4n) is 3.31. The Kier molecular flexibility index (Phi) is 5.68. The number of Topliss-reactive ketones (excluding diaryl/α,β-unsaturated/α-hetero) is 1. The molecule has 1 N–H and O–H groups in total. The maximum atomic E-state index is 12.7. The highest BCUT2D eigenvalue weighted by Gasteiger charge is 2.22. The van der Waals surface area contributed by atoms with Crippen molar-refractivity contribution in [2.24, 2.45) is 0 Å². The van der Waals surface area contributed by atoms with E-state index < -0.39 is 0 Å². The van der Waals surface area contributed by atoms with Crippen molar-refractivity contribution in [1.29, 1.82) is 0 Å². The molecule has 1 aliphatic heterocycles.